The predicted octanol–water partition coefficient (Wildman–Crippen LogP) is 1.96. The van der Waals surface area contributed by atoms with Gasteiger partial charge >= 0.3 is 6.09 Å². The van der Waals surface area contributed by atoms with Crippen molar-refractivity contribution in [2.75, 3.05) is 13.1 Å². The van der Waals surface area contributed by atoms with Crippen molar-refractivity contribution >= 4 is 17.9 Å². The number of nitriles is 1. The lowest BCUT2D eigenvalue weighted by Crippen LogP contribution is -2.74. The number of likely N-dealkylation sites (tertiary alicyclic amines) is 2. The summed E-state index contributed by atoms with van der Waals surface area (Å²) in [7, 11) is 0. The minimum Gasteiger partial charge on any atom is -0.444 e. The summed E-state index contributed by atoms with van der Waals surface area (Å²) in [6, 6.07) is 10.8. The van der Waals surface area contributed by atoms with Crippen molar-refractivity contribution in [3.05, 3.63) is 35.9 Å². The van der Waals surface area contributed by atoms with Gasteiger partial charge in [0.2, 0.25) is 5.91 Å². The van der Waals surface area contributed by atoms with Crippen LogP contribution in [0.5, 0.6) is 0 Å². The van der Waals surface area contributed by atoms with Gasteiger partial charge in [0.25, 0.3) is 5.91 Å². The number of amides is 3. The molecule has 2 N–H and O–H groups in total. The molecule has 8 nitrogen and oxygen atoms in total. The second-order valence-electron chi connectivity index (χ2n) is 9.03. The number of ether oxygens (including phenoxy) is 1. The fourth-order valence-corrected chi connectivity index (χ4v) is 4.45. The Morgan fingerprint density at radius 3 is 2.41 bits per heavy atom. The molecule has 1 aromatic carbocycles. The highest BCUT2D eigenvalue weighted by molar-refractivity contribution is 5.99. The quantitative estimate of drug-likeness (QED) is 0.781. The van der Waals surface area contributed by atoms with Crippen molar-refractivity contribution in [2.24, 2.45) is 11.1 Å². The van der Waals surface area contributed by atoms with E-state index in [1.165, 1.54) is 9.80 Å². The van der Waals surface area contributed by atoms with Crippen LogP contribution in [-0.2, 0) is 14.3 Å². The number of primary amides is 1. The SMILES string of the molecule is CC(C)(C)OC(=O)N1C(c2ccccc2)C(C)(C#N)CC12CN(CC(N)=O)C2=O. The van der Waals surface area contributed by atoms with Gasteiger partial charge in [0.15, 0.2) is 0 Å². The topological polar surface area (TPSA) is 117 Å². The van der Waals surface area contributed by atoms with Crippen LogP contribution in [0.1, 0.15) is 45.7 Å². The highest BCUT2D eigenvalue weighted by atomic mass is 16.6. The number of hydrogen-bond acceptors (Lipinski definition) is 5. The summed E-state index contributed by atoms with van der Waals surface area (Å²) in [5, 5.41) is 10.0. The van der Waals surface area contributed by atoms with Crippen LogP contribution in [0, 0.1) is 16.7 Å². The molecule has 2 saturated heterocycles. The summed E-state index contributed by atoms with van der Waals surface area (Å²) in [5.74, 6) is -1.01. The number of β-lactam (4-membered cyclic amide) rings is 1. The molecule has 3 rings (SSSR count). The number of rotatable bonds is 3. The Morgan fingerprint density at radius 1 is 1.31 bits per heavy atom. The molecule has 3 unspecified atom stereocenters. The third-order valence-corrected chi connectivity index (χ3v) is 5.43. The molecule has 2 aliphatic rings. The zero-order valence-corrected chi connectivity index (χ0v) is 17.1. The molecule has 1 spiro atoms. The first kappa shape index (κ1) is 20.6. The van der Waals surface area contributed by atoms with Gasteiger partial charge in [0.05, 0.1) is 30.6 Å². The van der Waals surface area contributed by atoms with E-state index in [2.05, 4.69) is 6.07 Å². The number of nitrogens with two attached hydrogens (primary N) is 1. The molecule has 0 aromatic heterocycles. The van der Waals surface area contributed by atoms with Gasteiger partial charge in [-0.1, -0.05) is 30.3 Å². The molecule has 2 aliphatic heterocycles. The Kier molecular flexibility index (Phi) is 4.81. The van der Waals surface area contributed by atoms with E-state index in [1.807, 2.05) is 30.3 Å². The summed E-state index contributed by atoms with van der Waals surface area (Å²) < 4.78 is 5.62. The standard InChI is InChI=1S/C21H26N4O4/c1-19(2,3)29-18(28)25-16(14-8-6-5-7-9-14)20(4,12-22)11-21(25)13-24(17(21)27)10-15(23)26/h5-9,16H,10-11,13H2,1-4H3,(H2,23,26). The first-order valence-corrected chi connectivity index (χ1v) is 9.50. The largest absolute Gasteiger partial charge is 0.444 e. The third-order valence-electron chi connectivity index (χ3n) is 5.43. The van der Waals surface area contributed by atoms with Crippen molar-refractivity contribution in [3.8, 4) is 6.07 Å². The van der Waals surface area contributed by atoms with E-state index in [0.29, 0.717) is 0 Å². The fourth-order valence-electron chi connectivity index (χ4n) is 4.45. The van der Waals surface area contributed by atoms with Crippen LogP contribution in [0.3, 0.4) is 0 Å². The Bertz CT molecular complexity index is 888. The molecule has 3 amide bonds. The fraction of sp³-hybridized carbons (Fsp3) is 0.524. The van der Waals surface area contributed by atoms with Gasteiger partial charge in [-0.15, -0.1) is 0 Å². The zero-order chi connectivity index (χ0) is 21.6. The number of carbonyl (C=O) groups excluding carboxylic acids is 3. The molecule has 1 aromatic rings. The van der Waals surface area contributed by atoms with Gasteiger partial charge in [-0.3, -0.25) is 14.5 Å². The Morgan fingerprint density at radius 2 is 1.93 bits per heavy atom. The lowest BCUT2D eigenvalue weighted by molar-refractivity contribution is -0.163. The second-order valence-corrected chi connectivity index (χ2v) is 9.03. The summed E-state index contributed by atoms with van der Waals surface area (Å²) in [6.07, 6.45) is -0.499. The van der Waals surface area contributed by atoms with Crippen LogP contribution in [0.25, 0.3) is 0 Å². The first-order chi connectivity index (χ1) is 13.4. The average Bonchev–Trinajstić information content (AvgIpc) is 2.92. The van der Waals surface area contributed by atoms with E-state index in [-0.39, 0.29) is 25.4 Å². The molecule has 2 fully saturated rings. The van der Waals surface area contributed by atoms with E-state index in [1.54, 1.807) is 27.7 Å². The maximum absolute atomic E-state index is 13.3. The van der Waals surface area contributed by atoms with E-state index >= 15 is 0 Å². The molecule has 0 bridgehead atoms. The third kappa shape index (κ3) is 3.41. The molecule has 0 saturated carbocycles. The van der Waals surface area contributed by atoms with Crippen molar-refractivity contribution in [2.45, 2.75) is 51.3 Å². The summed E-state index contributed by atoms with van der Waals surface area (Å²) in [6.45, 7) is 6.90. The van der Waals surface area contributed by atoms with Crippen LogP contribution >= 0.6 is 0 Å². The Balaban J connectivity index is 2.09. The molecular formula is C21H26N4O4. The summed E-state index contributed by atoms with van der Waals surface area (Å²) in [4.78, 5) is 40.4. The zero-order valence-electron chi connectivity index (χ0n) is 17.1. The minimum absolute atomic E-state index is 0.134. The highest BCUT2D eigenvalue weighted by Crippen LogP contribution is 2.57. The normalized spacial score (nSPS) is 28.8. The Hall–Kier alpha value is -3.08. The second kappa shape index (κ2) is 6.76. The van der Waals surface area contributed by atoms with Crippen molar-refractivity contribution in [1.82, 2.24) is 9.80 Å². The van der Waals surface area contributed by atoms with Gasteiger partial charge in [-0.05, 0) is 33.3 Å². The van der Waals surface area contributed by atoms with E-state index in [0.717, 1.165) is 5.56 Å². The number of carbonyl (C=O) groups is 3. The van der Waals surface area contributed by atoms with Gasteiger partial charge in [-0.2, -0.15) is 5.26 Å². The first-order valence-electron chi connectivity index (χ1n) is 9.50. The molecule has 154 valence electrons. The highest BCUT2D eigenvalue weighted by Gasteiger charge is 2.70. The number of benzene rings is 1. The maximum Gasteiger partial charge on any atom is 0.411 e. The summed E-state index contributed by atoms with van der Waals surface area (Å²) >= 11 is 0. The molecule has 2 heterocycles. The number of hydrogen-bond donors (Lipinski definition) is 1. The lowest BCUT2D eigenvalue weighted by Gasteiger charge is -2.51. The smallest absolute Gasteiger partial charge is 0.411 e. The molecular weight excluding hydrogens is 372 g/mol. The van der Waals surface area contributed by atoms with Crippen LogP contribution < -0.4 is 5.73 Å². The van der Waals surface area contributed by atoms with Crippen LogP contribution in [0.2, 0.25) is 0 Å². The number of nitrogens with zero attached hydrogens (tertiary/aromatic N) is 3. The average molecular weight is 398 g/mol. The van der Waals surface area contributed by atoms with Gasteiger partial charge in [0, 0.05) is 6.42 Å². The van der Waals surface area contributed by atoms with E-state index in [4.69, 9.17) is 10.5 Å². The summed E-state index contributed by atoms with van der Waals surface area (Å²) in [5.41, 5.74) is 2.97. The van der Waals surface area contributed by atoms with Gasteiger partial charge < -0.3 is 15.4 Å². The maximum atomic E-state index is 13.3. The van der Waals surface area contributed by atoms with Crippen molar-refractivity contribution in [3.63, 3.8) is 0 Å². The molecule has 29 heavy (non-hydrogen) atoms. The lowest BCUT2D eigenvalue weighted by atomic mass is 9.75. The molecule has 0 aliphatic carbocycles. The van der Waals surface area contributed by atoms with Crippen LogP contribution in [-0.4, -0.2) is 51.9 Å². The van der Waals surface area contributed by atoms with Gasteiger partial charge in [-0.25, -0.2) is 4.79 Å². The van der Waals surface area contributed by atoms with Crippen LogP contribution in [0.4, 0.5) is 4.79 Å². The van der Waals surface area contributed by atoms with Gasteiger partial charge in [0.1, 0.15) is 11.1 Å². The van der Waals surface area contributed by atoms with Crippen molar-refractivity contribution < 1.29 is 19.1 Å². The molecule has 8 heteroatoms. The van der Waals surface area contributed by atoms with Crippen molar-refractivity contribution in [1.29, 1.82) is 5.26 Å². The van der Waals surface area contributed by atoms with Crippen LogP contribution in [0.15, 0.2) is 30.3 Å². The predicted molar refractivity (Wildman–Crippen MR) is 104 cm³/mol. The van der Waals surface area contributed by atoms with E-state index in [9.17, 15) is 19.6 Å². The monoisotopic (exact) mass is 398 g/mol. The van der Waals surface area contributed by atoms with E-state index < -0.39 is 34.6 Å². The Labute approximate surface area is 170 Å². The molecule has 3 atom stereocenters. The molecule has 0 radical (unpaired) electrons. The minimum atomic E-state index is -1.23.